The maximum absolute atomic E-state index is 12.0. The number of aromatic nitrogens is 1. The molecule has 1 N–H and O–H groups in total. The minimum absolute atomic E-state index is 0. The number of nitrogens with one attached hydrogen (secondary N) is 1. The van der Waals surface area contributed by atoms with Crippen LogP contribution in [0.4, 0.5) is 0 Å². The van der Waals surface area contributed by atoms with E-state index in [1.807, 2.05) is 19.2 Å². The smallest absolute Gasteiger partial charge is 0.310 e. The van der Waals surface area contributed by atoms with E-state index in [0.29, 0.717) is 19.7 Å². The number of guanidine groups is 1. The summed E-state index contributed by atoms with van der Waals surface area (Å²) in [5.41, 5.74) is 1.18. The highest BCUT2D eigenvalue weighted by Crippen LogP contribution is 2.18. The van der Waals surface area contributed by atoms with Crippen LogP contribution >= 0.6 is 24.0 Å². The maximum atomic E-state index is 12.0. The standard InChI is InChI=1S/C18H28N4O2.HI/c1-3-20-18(21-11-9-15-7-5-10-19-13-15)22-12-6-8-16(14-22)17(23)24-4-2;/h5,7,10,13,16H,3-4,6,8-9,11-12,14H2,1-2H3,(H,20,21);1H. The molecule has 2 heterocycles. The Morgan fingerprint density at radius 2 is 2.32 bits per heavy atom. The topological polar surface area (TPSA) is 66.8 Å². The van der Waals surface area contributed by atoms with Crippen molar-refractivity contribution in [2.45, 2.75) is 33.1 Å². The fraction of sp³-hybridized carbons (Fsp3) is 0.611. The maximum Gasteiger partial charge on any atom is 0.310 e. The van der Waals surface area contributed by atoms with Crippen LogP contribution in [0.5, 0.6) is 0 Å². The largest absolute Gasteiger partial charge is 0.466 e. The molecule has 140 valence electrons. The van der Waals surface area contributed by atoms with Gasteiger partial charge in [-0.05, 0) is 44.7 Å². The molecule has 0 spiro atoms. The summed E-state index contributed by atoms with van der Waals surface area (Å²) in [7, 11) is 0. The molecule has 0 aromatic carbocycles. The van der Waals surface area contributed by atoms with Gasteiger partial charge < -0.3 is 15.0 Å². The number of ether oxygens (including phenoxy) is 1. The Morgan fingerprint density at radius 3 is 3.00 bits per heavy atom. The number of rotatable bonds is 6. The number of pyridine rings is 1. The first-order valence-electron chi connectivity index (χ1n) is 8.83. The Morgan fingerprint density at radius 1 is 1.48 bits per heavy atom. The third-order valence-corrected chi connectivity index (χ3v) is 4.06. The van der Waals surface area contributed by atoms with Crippen LogP contribution in [0.3, 0.4) is 0 Å². The Bertz CT molecular complexity index is 539. The van der Waals surface area contributed by atoms with E-state index in [1.165, 1.54) is 5.56 Å². The van der Waals surface area contributed by atoms with Crippen molar-refractivity contribution < 1.29 is 9.53 Å². The molecule has 1 aromatic heterocycles. The van der Waals surface area contributed by atoms with Crippen molar-refractivity contribution in [3.05, 3.63) is 30.1 Å². The third kappa shape index (κ3) is 7.17. The van der Waals surface area contributed by atoms with Crippen LogP contribution in [0, 0.1) is 5.92 Å². The molecular weight excluding hydrogens is 431 g/mol. The number of halogens is 1. The number of hydrogen-bond acceptors (Lipinski definition) is 4. The predicted octanol–water partition coefficient (Wildman–Crippen LogP) is 2.48. The molecule has 0 radical (unpaired) electrons. The quantitative estimate of drug-likeness (QED) is 0.306. The Labute approximate surface area is 167 Å². The second kappa shape index (κ2) is 12.1. The van der Waals surface area contributed by atoms with Crippen molar-refractivity contribution >= 4 is 35.9 Å². The molecule has 7 heteroatoms. The molecule has 0 amide bonds. The molecule has 1 unspecified atom stereocenters. The van der Waals surface area contributed by atoms with Gasteiger partial charge in [0.1, 0.15) is 0 Å². The molecule has 0 aliphatic carbocycles. The number of carbonyl (C=O) groups excluding carboxylic acids is 1. The van der Waals surface area contributed by atoms with Crippen LogP contribution in [0.2, 0.25) is 0 Å². The lowest BCUT2D eigenvalue weighted by atomic mass is 9.98. The minimum Gasteiger partial charge on any atom is -0.466 e. The van der Waals surface area contributed by atoms with Gasteiger partial charge in [0.05, 0.1) is 12.5 Å². The molecule has 1 atom stereocenters. The van der Waals surface area contributed by atoms with E-state index in [1.54, 1.807) is 6.20 Å². The molecule has 25 heavy (non-hydrogen) atoms. The van der Waals surface area contributed by atoms with Gasteiger partial charge in [-0.1, -0.05) is 6.07 Å². The van der Waals surface area contributed by atoms with E-state index in [9.17, 15) is 4.79 Å². The van der Waals surface area contributed by atoms with Gasteiger partial charge in [0, 0.05) is 38.6 Å². The first-order chi connectivity index (χ1) is 11.7. The number of carbonyl (C=O) groups is 1. The summed E-state index contributed by atoms with van der Waals surface area (Å²) >= 11 is 0. The fourth-order valence-electron chi connectivity index (χ4n) is 2.88. The Balaban J connectivity index is 0.00000312. The Hall–Kier alpha value is -1.38. The average molecular weight is 460 g/mol. The molecule has 0 bridgehead atoms. The number of likely N-dealkylation sites (tertiary alicyclic amines) is 1. The minimum atomic E-state index is -0.0894. The van der Waals surface area contributed by atoms with Crippen molar-refractivity contribution in [1.82, 2.24) is 15.2 Å². The van der Waals surface area contributed by atoms with Crippen LogP contribution < -0.4 is 5.32 Å². The van der Waals surface area contributed by atoms with Gasteiger partial charge in [0.15, 0.2) is 5.96 Å². The third-order valence-electron chi connectivity index (χ3n) is 4.06. The second-order valence-electron chi connectivity index (χ2n) is 5.88. The van der Waals surface area contributed by atoms with E-state index in [2.05, 4.69) is 28.2 Å². The van der Waals surface area contributed by atoms with Crippen LogP contribution in [-0.4, -0.2) is 54.6 Å². The number of hydrogen-bond donors (Lipinski definition) is 1. The van der Waals surface area contributed by atoms with Crippen molar-refractivity contribution in [3.8, 4) is 0 Å². The first kappa shape index (κ1) is 21.7. The van der Waals surface area contributed by atoms with E-state index in [0.717, 1.165) is 38.3 Å². The molecule has 1 fully saturated rings. The van der Waals surface area contributed by atoms with Gasteiger partial charge in [-0.15, -0.1) is 24.0 Å². The van der Waals surface area contributed by atoms with Crippen molar-refractivity contribution in [2.24, 2.45) is 10.9 Å². The summed E-state index contributed by atoms with van der Waals surface area (Å²) in [5.74, 6) is 0.740. The molecule has 1 aromatic rings. The summed E-state index contributed by atoms with van der Waals surface area (Å²) in [4.78, 5) is 23.0. The highest BCUT2D eigenvalue weighted by atomic mass is 127. The summed E-state index contributed by atoms with van der Waals surface area (Å²) in [6.07, 6.45) is 6.39. The van der Waals surface area contributed by atoms with Crippen LogP contribution in [0.15, 0.2) is 29.5 Å². The van der Waals surface area contributed by atoms with Gasteiger partial charge in [-0.25, -0.2) is 0 Å². The summed E-state index contributed by atoms with van der Waals surface area (Å²) in [5, 5.41) is 3.34. The van der Waals surface area contributed by atoms with Crippen LogP contribution in [0.25, 0.3) is 0 Å². The number of piperidine rings is 1. The predicted molar refractivity (Wildman–Crippen MR) is 110 cm³/mol. The molecule has 0 saturated carbocycles. The highest BCUT2D eigenvalue weighted by Gasteiger charge is 2.28. The lowest BCUT2D eigenvalue weighted by Gasteiger charge is -2.34. The van der Waals surface area contributed by atoms with Gasteiger partial charge in [0.2, 0.25) is 0 Å². The second-order valence-corrected chi connectivity index (χ2v) is 5.88. The SMILES string of the molecule is CCNC(=NCCc1cccnc1)N1CCCC(C(=O)OCC)C1.I. The zero-order chi connectivity index (χ0) is 17.2. The number of esters is 1. The highest BCUT2D eigenvalue weighted by molar-refractivity contribution is 14.0. The molecule has 1 aliphatic heterocycles. The van der Waals surface area contributed by atoms with E-state index in [-0.39, 0.29) is 35.9 Å². The van der Waals surface area contributed by atoms with Crippen molar-refractivity contribution in [2.75, 3.05) is 32.8 Å². The monoisotopic (exact) mass is 460 g/mol. The first-order valence-corrected chi connectivity index (χ1v) is 8.83. The molecular formula is C18H29IN4O2. The molecule has 6 nitrogen and oxygen atoms in total. The van der Waals surface area contributed by atoms with Crippen molar-refractivity contribution in [1.29, 1.82) is 0 Å². The van der Waals surface area contributed by atoms with Crippen LogP contribution in [-0.2, 0) is 16.0 Å². The van der Waals surface area contributed by atoms with E-state index >= 15 is 0 Å². The van der Waals surface area contributed by atoms with E-state index < -0.39 is 0 Å². The summed E-state index contributed by atoms with van der Waals surface area (Å²) < 4.78 is 5.18. The van der Waals surface area contributed by atoms with Gasteiger partial charge >= 0.3 is 5.97 Å². The van der Waals surface area contributed by atoms with Gasteiger partial charge in [-0.2, -0.15) is 0 Å². The number of aliphatic imine (C=N–C) groups is 1. The number of nitrogens with zero attached hydrogens (tertiary/aromatic N) is 3. The lowest BCUT2D eigenvalue weighted by molar-refractivity contribution is -0.149. The molecule has 1 aliphatic rings. The van der Waals surface area contributed by atoms with Gasteiger partial charge in [0.25, 0.3) is 0 Å². The lowest BCUT2D eigenvalue weighted by Crippen LogP contribution is -2.48. The zero-order valence-electron chi connectivity index (χ0n) is 15.1. The average Bonchev–Trinajstić information content (AvgIpc) is 2.62. The van der Waals surface area contributed by atoms with E-state index in [4.69, 9.17) is 9.73 Å². The normalized spacial score (nSPS) is 17.6. The Kier molecular flexibility index (Phi) is 10.4. The van der Waals surface area contributed by atoms with Crippen LogP contribution in [0.1, 0.15) is 32.3 Å². The summed E-state index contributed by atoms with van der Waals surface area (Å²) in [6.45, 7) is 7.47. The van der Waals surface area contributed by atoms with Gasteiger partial charge in [-0.3, -0.25) is 14.8 Å². The summed E-state index contributed by atoms with van der Waals surface area (Å²) in [6, 6.07) is 4.01. The molecule has 2 rings (SSSR count). The fourth-order valence-corrected chi connectivity index (χ4v) is 2.88. The zero-order valence-corrected chi connectivity index (χ0v) is 17.4. The molecule has 1 saturated heterocycles. The van der Waals surface area contributed by atoms with Crippen molar-refractivity contribution in [3.63, 3.8) is 0 Å².